The normalized spacial score (nSPS) is 26.6. The number of aliphatic hydroxyl groups is 1. The first-order chi connectivity index (χ1) is 10.5. The molecule has 0 radical (unpaired) electrons. The van der Waals surface area contributed by atoms with Gasteiger partial charge in [-0.1, -0.05) is 0 Å². The third kappa shape index (κ3) is 3.25. The maximum atomic E-state index is 12.3. The predicted molar refractivity (Wildman–Crippen MR) is 84.5 cm³/mol. The number of piperidine rings is 1. The van der Waals surface area contributed by atoms with E-state index in [0.717, 1.165) is 4.31 Å². The number of rotatable bonds is 3. The number of nitrogens with zero attached hydrogens (tertiary/aromatic N) is 3. The summed E-state index contributed by atoms with van der Waals surface area (Å²) in [7, 11) is -0.806. The van der Waals surface area contributed by atoms with E-state index in [4.69, 9.17) is 0 Å². The van der Waals surface area contributed by atoms with Crippen LogP contribution >= 0.6 is 0 Å². The van der Waals surface area contributed by atoms with E-state index >= 15 is 0 Å². The number of aromatic amines is 1. The summed E-state index contributed by atoms with van der Waals surface area (Å²) < 4.78 is 28.1. The van der Waals surface area contributed by atoms with Crippen LogP contribution in [0.25, 0.3) is 0 Å². The molecule has 10 heteroatoms. The van der Waals surface area contributed by atoms with Gasteiger partial charge in [-0.15, -0.1) is 0 Å². The monoisotopic (exact) mass is 346 g/mol. The zero-order valence-corrected chi connectivity index (χ0v) is 14.4. The molecule has 0 aromatic carbocycles. The van der Waals surface area contributed by atoms with E-state index in [2.05, 4.69) is 4.98 Å². The molecule has 2 heterocycles. The second kappa shape index (κ2) is 5.86. The highest BCUT2D eigenvalue weighted by Crippen LogP contribution is 2.32. The summed E-state index contributed by atoms with van der Waals surface area (Å²) in [5.41, 5.74) is -2.13. The van der Waals surface area contributed by atoms with Gasteiger partial charge >= 0.3 is 5.69 Å². The van der Waals surface area contributed by atoms with Crippen LogP contribution in [0.2, 0.25) is 0 Å². The fourth-order valence-electron chi connectivity index (χ4n) is 2.64. The standard InChI is InChI=1S/C13H22N4O5S/c1-9-7-17(12(19)14-11(9)18)10-8-16(6-5-13(10,2)20)23(21,22)15(3)4/h7,10,20H,5-6,8H2,1-4H3,(H,14,18,19)/t10-,13-/m1/s1. The van der Waals surface area contributed by atoms with Crippen LogP contribution in [0.4, 0.5) is 0 Å². The summed E-state index contributed by atoms with van der Waals surface area (Å²) in [4.78, 5) is 25.8. The van der Waals surface area contributed by atoms with Crippen molar-refractivity contribution < 1.29 is 13.5 Å². The van der Waals surface area contributed by atoms with Crippen molar-refractivity contribution in [1.29, 1.82) is 0 Å². The molecule has 0 amide bonds. The summed E-state index contributed by atoms with van der Waals surface area (Å²) in [5.74, 6) is 0. The Morgan fingerprint density at radius 3 is 2.57 bits per heavy atom. The molecule has 1 aliphatic heterocycles. The lowest BCUT2D eigenvalue weighted by molar-refractivity contribution is -0.0365. The molecule has 2 rings (SSSR count). The highest BCUT2D eigenvalue weighted by Gasteiger charge is 2.43. The van der Waals surface area contributed by atoms with Crippen molar-refractivity contribution in [3.63, 3.8) is 0 Å². The number of aromatic nitrogens is 2. The summed E-state index contributed by atoms with van der Waals surface area (Å²) in [6.07, 6.45) is 1.53. The van der Waals surface area contributed by atoms with Crippen LogP contribution in [0, 0.1) is 6.92 Å². The highest BCUT2D eigenvalue weighted by atomic mass is 32.2. The third-order valence-corrected chi connectivity index (χ3v) is 6.14. The summed E-state index contributed by atoms with van der Waals surface area (Å²) in [5, 5.41) is 10.6. The topological polar surface area (TPSA) is 116 Å². The Morgan fingerprint density at radius 1 is 1.39 bits per heavy atom. The molecule has 2 N–H and O–H groups in total. The van der Waals surface area contributed by atoms with E-state index in [1.54, 1.807) is 13.8 Å². The minimum atomic E-state index is -3.65. The fraction of sp³-hybridized carbons (Fsp3) is 0.692. The van der Waals surface area contributed by atoms with E-state index in [1.807, 2.05) is 0 Å². The first kappa shape index (κ1) is 17.9. The smallest absolute Gasteiger partial charge is 0.328 e. The SMILES string of the molecule is Cc1cn([C@@H]2CN(S(=O)(=O)N(C)C)CC[C@@]2(C)O)c(=O)[nH]c1=O. The van der Waals surface area contributed by atoms with Crippen LogP contribution in [0.3, 0.4) is 0 Å². The largest absolute Gasteiger partial charge is 0.388 e. The van der Waals surface area contributed by atoms with Gasteiger partial charge in [-0.2, -0.15) is 17.0 Å². The Balaban J connectivity index is 2.49. The summed E-state index contributed by atoms with van der Waals surface area (Å²) in [6.45, 7) is 3.20. The Labute approximate surface area is 134 Å². The van der Waals surface area contributed by atoms with Crippen molar-refractivity contribution in [3.8, 4) is 0 Å². The van der Waals surface area contributed by atoms with Crippen LogP contribution in [0.5, 0.6) is 0 Å². The molecule has 1 aromatic heterocycles. The molecule has 0 unspecified atom stereocenters. The quantitative estimate of drug-likeness (QED) is 0.702. The average Bonchev–Trinajstić information content (AvgIpc) is 2.42. The van der Waals surface area contributed by atoms with Crippen molar-refractivity contribution in [2.45, 2.75) is 31.9 Å². The molecule has 1 aliphatic rings. The lowest BCUT2D eigenvalue weighted by atomic mass is 9.89. The van der Waals surface area contributed by atoms with E-state index in [9.17, 15) is 23.1 Å². The molecular formula is C13H22N4O5S. The summed E-state index contributed by atoms with van der Waals surface area (Å²) in [6, 6.07) is -0.797. The van der Waals surface area contributed by atoms with Gasteiger partial charge in [-0.3, -0.25) is 14.3 Å². The maximum absolute atomic E-state index is 12.3. The number of hydrogen-bond acceptors (Lipinski definition) is 5. The Bertz CT molecular complexity index is 808. The molecule has 2 atom stereocenters. The van der Waals surface area contributed by atoms with E-state index in [1.165, 1.54) is 29.2 Å². The van der Waals surface area contributed by atoms with Crippen LogP contribution < -0.4 is 11.2 Å². The molecule has 23 heavy (non-hydrogen) atoms. The Morgan fingerprint density at radius 2 is 2.00 bits per heavy atom. The number of aryl methyl sites for hydroxylation is 1. The number of H-pyrrole nitrogens is 1. The number of nitrogens with one attached hydrogen (secondary N) is 1. The van der Waals surface area contributed by atoms with Crippen molar-refractivity contribution in [3.05, 3.63) is 32.6 Å². The first-order valence-electron chi connectivity index (χ1n) is 7.19. The van der Waals surface area contributed by atoms with Gasteiger partial charge in [-0.25, -0.2) is 4.79 Å². The maximum Gasteiger partial charge on any atom is 0.328 e. The predicted octanol–water partition coefficient (Wildman–Crippen LogP) is -1.35. The van der Waals surface area contributed by atoms with Gasteiger partial charge in [0.25, 0.3) is 15.8 Å². The van der Waals surface area contributed by atoms with E-state index in [0.29, 0.717) is 5.56 Å². The van der Waals surface area contributed by atoms with Crippen molar-refractivity contribution in [1.82, 2.24) is 18.2 Å². The molecule has 1 aromatic rings. The molecular weight excluding hydrogens is 324 g/mol. The zero-order valence-electron chi connectivity index (χ0n) is 13.6. The van der Waals surface area contributed by atoms with Crippen LogP contribution in [-0.4, -0.2) is 64.5 Å². The van der Waals surface area contributed by atoms with Gasteiger partial charge in [-0.05, 0) is 20.3 Å². The minimum absolute atomic E-state index is 0.0566. The highest BCUT2D eigenvalue weighted by molar-refractivity contribution is 7.86. The van der Waals surface area contributed by atoms with Crippen LogP contribution in [-0.2, 0) is 10.2 Å². The van der Waals surface area contributed by atoms with Crippen molar-refractivity contribution in [2.24, 2.45) is 0 Å². The molecule has 0 saturated carbocycles. The zero-order chi connectivity index (χ0) is 17.6. The lowest BCUT2D eigenvalue weighted by Gasteiger charge is -2.43. The van der Waals surface area contributed by atoms with Gasteiger partial charge in [0.05, 0.1) is 11.6 Å². The summed E-state index contributed by atoms with van der Waals surface area (Å²) >= 11 is 0. The second-order valence-corrected chi connectivity index (χ2v) is 8.39. The molecule has 0 bridgehead atoms. The minimum Gasteiger partial charge on any atom is -0.388 e. The van der Waals surface area contributed by atoms with Crippen molar-refractivity contribution >= 4 is 10.2 Å². The Kier molecular flexibility index (Phi) is 4.55. The third-order valence-electron chi connectivity index (χ3n) is 4.23. The molecule has 9 nitrogen and oxygen atoms in total. The molecule has 130 valence electrons. The van der Waals surface area contributed by atoms with Gasteiger partial charge in [0, 0.05) is 38.9 Å². The fourth-order valence-corrected chi connectivity index (χ4v) is 3.76. The van der Waals surface area contributed by atoms with Gasteiger partial charge in [0.1, 0.15) is 0 Å². The first-order valence-corrected chi connectivity index (χ1v) is 8.58. The van der Waals surface area contributed by atoms with Crippen LogP contribution in [0.1, 0.15) is 24.9 Å². The van der Waals surface area contributed by atoms with E-state index < -0.39 is 33.1 Å². The Hall–Kier alpha value is -1.49. The molecule has 0 spiro atoms. The average molecular weight is 346 g/mol. The lowest BCUT2D eigenvalue weighted by Crippen LogP contribution is -2.56. The van der Waals surface area contributed by atoms with Crippen LogP contribution in [0.15, 0.2) is 15.8 Å². The second-order valence-electron chi connectivity index (χ2n) is 6.25. The van der Waals surface area contributed by atoms with Gasteiger partial charge < -0.3 is 5.11 Å². The van der Waals surface area contributed by atoms with Gasteiger partial charge in [0.15, 0.2) is 0 Å². The van der Waals surface area contributed by atoms with E-state index in [-0.39, 0.29) is 19.5 Å². The number of hydrogen-bond donors (Lipinski definition) is 2. The van der Waals surface area contributed by atoms with Crippen molar-refractivity contribution in [2.75, 3.05) is 27.2 Å². The molecule has 0 aliphatic carbocycles. The van der Waals surface area contributed by atoms with Gasteiger partial charge in [0.2, 0.25) is 0 Å². The molecule has 1 fully saturated rings. The molecule has 1 saturated heterocycles.